The van der Waals surface area contributed by atoms with E-state index in [4.69, 9.17) is 10.8 Å². The topological polar surface area (TPSA) is 88.2 Å². The number of aromatic nitrogens is 1. The van der Waals surface area contributed by atoms with Crippen molar-refractivity contribution in [3.05, 3.63) is 10.6 Å². The van der Waals surface area contributed by atoms with Crippen LogP contribution in [0.2, 0.25) is 0 Å². The molecule has 1 rings (SSSR count). The molecule has 0 atom stereocenters. The fraction of sp³-hybridized carbons (Fsp3) is 0.429. The van der Waals surface area contributed by atoms with Crippen molar-refractivity contribution < 1.29 is 9.90 Å². The normalized spacial score (nSPS) is 10.0. The molecule has 1 aromatic heterocycles. The van der Waals surface area contributed by atoms with Crippen LogP contribution >= 0.6 is 11.3 Å². The van der Waals surface area contributed by atoms with Crippen molar-refractivity contribution in [3.8, 4) is 0 Å². The Bertz CT molecular complexity index is 311. The molecule has 0 amide bonds. The van der Waals surface area contributed by atoms with E-state index in [1.165, 1.54) is 0 Å². The van der Waals surface area contributed by atoms with Crippen LogP contribution in [0.3, 0.4) is 0 Å². The molecule has 72 valence electrons. The zero-order chi connectivity index (χ0) is 9.84. The zero-order valence-electron chi connectivity index (χ0n) is 7.20. The second kappa shape index (κ2) is 4.20. The first-order valence-electron chi connectivity index (χ1n) is 3.79. The number of hydrogen-bond donors (Lipinski definition) is 3. The highest BCUT2D eigenvalue weighted by atomic mass is 32.1. The molecule has 0 unspecified atom stereocenters. The summed E-state index contributed by atoms with van der Waals surface area (Å²) in [5.74, 6) is -0.934. The SMILES string of the molecule is Cc1nc(NCCN)sc1C(=O)O. The van der Waals surface area contributed by atoms with E-state index in [2.05, 4.69) is 10.3 Å². The summed E-state index contributed by atoms with van der Waals surface area (Å²) in [7, 11) is 0. The molecule has 0 bridgehead atoms. The van der Waals surface area contributed by atoms with Crippen LogP contribution in [0.1, 0.15) is 15.4 Å². The summed E-state index contributed by atoms with van der Waals surface area (Å²) in [6.45, 7) is 2.78. The van der Waals surface area contributed by atoms with Gasteiger partial charge in [0.2, 0.25) is 0 Å². The summed E-state index contributed by atoms with van der Waals surface area (Å²) in [5.41, 5.74) is 5.82. The molecule has 0 radical (unpaired) electrons. The first kappa shape index (κ1) is 9.94. The van der Waals surface area contributed by atoms with E-state index in [9.17, 15) is 4.79 Å². The third-order valence-electron chi connectivity index (χ3n) is 1.41. The highest BCUT2D eigenvalue weighted by Gasteiger charge is 2.12. The van der Waals surface area contributed by atoms with E-state index in [-0.39, 0.29) is 4.88 Å². The number of nitrogens with zero attached hydrogens (tertiary/aromatic N) is 1. The summed E-state index contributed by atoms with van der Waals surface area (Å²) in [6.07, 6.45) is 0. The van der Waals surface area contributed by atoms with Crippen molar-refractivity contribution in [3.63, 3.8) is 0 Å². The fourth-order valence-electron chi connectivity index (χ4n) is 0.850. The van der Waals surface area contributed by atoms with Crippen LogP contribution in [0, 0.1) is 6.92 Å². The molecule has 0 aliphatic rings. The zero-order valence-corrected chi connectivity index (χ0v) is 8.02. The molecule has 5 nitrogen and oxygen atoms in total. The van der Waals surface area contributed by atoms with Gasteiger partial charge in [0, 0.05) is 13.1 Å². The summed E-state index contributed by atoms with van der Waals surface area (Å²) in [6, 6.07) is 0. The molecular formula is C7H11N3O2S. The quantitative estimate of drug-likeness (QED) is 0.661. The average molecular weight is 201 g/mol. The van der Waals surface area contributed by atoms with Gasteiger partial charge in [-0.15, -0.1) is 0 Å². The molecule has 13 heavy (non-hydrogen) atoms. The second-order valence-corrected chi connectivity index (χ2v) is 3.45. The number of hydrogen-bond acceptors (Lipinski definition) is 5. The lowest BCUT2D eigenvalue weighted by atomic mass is 10.4. The first-order chi connectivity index (χ1) is 6.15. The number of nitrogens with one attached hydrogen (secondary N) is 1. The average Bonchev–Trinajstić information content (AvgIpc) is 2.43. The van der Waals surface area contributed by atoms with Crippen molar-refractivity contribution in [2.45, 2.75) is 6.92 Å². The smallest absolute Gasteiger partial charge is 0.347 e. The van der Waals surface area contributed by atoms with Crippen LogP contribution < -0.4 is 11.1 Å². The first-order valence-corrected chi connectivity index (χ1v) is 4.61. The monoisotopic (exact) mass is 201 g/mol. The van der Waals surface area contributed by atoms with Crippen LogP contribution in [0.15, 0.2) is 0 Å². The Morgan fingerprint density at radius 3 is 2.92 bits per heavy atom. The number of thiazole rings is 1. The van der Waals surface area contributed by atoms with Crippen LogP contribution in [0.5, 0.6) is 0 Å². The van der Waals surface area contributed by atoms with Gasteiger partial charge in [0.1, 0.15) is 4.88 Å². The molecule has 0 aliphatic carbocycles. The third kappa shape index (κ3) is 2.40. The maximum absolute atomic E-state index is 10.6. The lowest BCUT2D eigenvalue weighted by Crippen LogP contribution is -2.12. The van der Waals surface area contributed by atoms with Gasteiger partial charge in [-0.2, -0.15) is 0 Å². The van der Waals surface area contributed by atoms with Crippen LogP contribution in [-0.4, -0.2) is 29.1 Å². The van der Waals surface area contributed by atoms with Gasteiger partial charge in [0.15, 0.2) is 5.13 Å². The number of nitrogens with two attached hydrogens (primary N) is 1. The van der Waals surface area contributed by atoms with E-state index in [0.717, 1.165) is 11.3 Å². The van der Waals surface area contributed by atoms with Gasteiger partial charge >= 0.3 is 5.97 Å². The van der Waals surface area contributed by atoms with E-state index < -0.39 is 5.97 Å². The Morgan fingerprint density at radius 2 is 2.46 bits per heavy atom. The number of carbonyl (C=O) groups is 1. The molecule has 0 aliphatic heterocycles. The van der Waals surface area contributed by atoms with Gasteiger partial charge in [0.05, 0.1) is 5.69 Å². The maximum atomic E-state index is 10.6. The number of rotatable bonds is 4. The molecule has 6 heteroatoms. The Morgan fingerprint density at radius 1 is 1.77 bits per heavy atom. The predicted molar refractivity (Wildman–Crippen MR) is 51.4 cm³/mol. The summed E-state index contributed by atoms with van der Waals surface area (Å²) >= 11 is 1.13. The van der Waals surface area contributed by atoms with Crippen molar-refractivity contribution in [1.82, 2.24) is 4.98 Å². The Hall–Kier alpha value is -1.14. The summed E-state index contributed by atoms with van der Waals surface area (Å²) < 4.78 is 0. The Labute approximate surface area is 79.6 Å². The highest BCUT2D eigenvalue weighted by Crippen LogP contribution is 2.21. The van der Waals surface area contributed by atoms with Crippen molar-refractivity contribution >= 4 is 22.4 Å². The molecule has 1 aromatic rings. The van der Waals surface area contributed by atoms with E-state index in [0.29, 0.717) is 23.9 Å². The van der Waals surface area contributed by atoms with Crippen LogP contribution in [-0.2, 0) is 0 Å². The van der Waals surface area contributed by atoms with Crippen molar-refractivity contribution in [1.29, 1.82) is 0 Å². The van der Waals surface area contributed by atoms with Gasteiger partial charge in [-0.25, -0.2) is 9.78 Å². The standard InChI is InChI=1S/C7H11N3O2S/c1-4-5(6(11)12)13-7(10-4)9-3-2-8/h2-3,8H2,1H3,(H,9,10)(H,11,12). The van der Waals surface area contributed by atoms with Gasteiger partial charge in [-0.3, -0.25) is 0 Å². The summed E-state index contributed by atoms with van der Waals surface area (Å²) in [4.78, 5) is 14.9. The maximum Gasteiger partial charge on any atom is 0.347 e. The fourth-order valence-corrected chi connectivity index (χ4v) is 1.68. The molecule has 1 heterocycles. The van der Waals surface area contributed by atoms with Crippen LogP contribution in [0.4, 0.5) is 5.13 Å². The molecule has 0 saturated heterocycles. The van der Waals surface area contributed by atoms with Crippen LogP contribution in [0.25, 0.3) is 0 Å². The third-order valence-corrected chi connectivity index (χ3v) is 2.51. The Kier molecular flexibility index (Phi) is 3.21. The van der Waals surface area contributed by atoms with Crippen molar-refractivity contribution in [2.24, 2.45) is 5.73 Å². The number of aromatic carboxylic acids is 1. The largest absolute Gasteiger partial charge is 0.477 e. The second-order valence-electron chi connectivity index (χ2n) is 2.45. The lowest BCUT2D eigenvalue weighted by Gasteiger charge is -1.96. The molecular weight excluding hydrogens is 190 g/mol. The van der Waals surface area contributed by atoms with Gasteiger partial charge in [0.25, 0.3) is 0 Å². The molecule has 0 saturated carbocycles. The molecule has 0 spiro atoms. The molecule has 4 N–H and O–H groups in total. The van der Waals surface area contributed by atoms with Gasteiger partial charge in [-0.05, 0) is 6.92 Å². The predicted octanol–water partition coefficient (Wildman–Crippen LogP) is 0.520. The number of aryl methyl sites for hydroxylation is 1. The minimum Gasteiger partial charge on any atom is -0.477 e. The lowest BCUT2D eigenvalue weighted by molar-refractivity contribution is 0.0701. The van der Waals surface area contributed by atoms with Gasteiger partial charge in [-0.1, -0.05) is 11.3 Å². The highest BCUT2D eigenvalue weighted by molar-refractivity contribution is 7.17. The van der Waals surface area contributed by atoms with E-state index in [1.54, 1.807) is 6.92 Å². The summed E-state index contributed by atoms with van der Waals surface area (Å²) in [5, 5.41) is 12.3. The van der Waals surface area contributed by atoms with E-state index >= 15 is 0 Å². The minimum absolute atomic E-state index is 0.277. The van der Waals surface area contributed by atoms with Crippen molar-refractivity contribution in [2.75, 3.05) is 18.4 Å². The van der Waals surface area contributed by atoms with Gasteiger partial charge < -0.3 is 16.2 Å². The number of carboxylic acid groups (broad SMARTS) is 1. The van der Waals surface area contributed by atoms with E-state index in [1.807, 2.05) is 0 Å². The number of anilines is 1. The minimum atomic E-state index is -0.934. The molecule has 0 aromatic carbocycles. The molecule has 0 fully saturated rings. The Balaban J connectivity index is 2.76. The number of carboxylic acids is 1.